The van der Waals surface area contributed by atoms with Crippen LogP contribution < -0.4 is 10.5 Å². The molecular weight excluding hydrogens is 252 g/mol. The van der Waals surface area contributed by atoms with Gasteiger partial charge in [0.05, 0.1) is 13.0 Å². The number of ether oxygens (including phenoxy) is 1. The monoisotopic (exact) mass is 276 g/mol. The largest absolute Gasteiger partial charge is 0.493 e. The van der Waals surface area contributed by atoms with E-state index in [1.54, 1.807) is 0 Å². The zero-order valence-corrected chi connectivity index (χ0v) is 12.4. The molecule has 1 aromatic rings. The number of hydrogen-bond acceptors (Lipinski definition) is 3. The summed E-state index contributed by atoms with van der Waals surface area (Å²) < 4.78 is 5.73. The highest BCUT2D eigenvalue weighted by Gasteiger charge is 2.20. The molecule has 0 bridgehead atoms. The van der Waals surface area contributed by atoms with Gasteiger partial charge in [0.2, 0.25) is 5.91 Å². The van der Waals surface area contributed by atoms with E-state index in [-0.39, 0.29) is 11.9 Å². The van der Waals surface area contributed by atoms with Gasteiger partial charge in [-0.2, -0.15) is 0 Å². The molecule has 0 aromatic heterocycles. The van der Waals surface area contributed by atoms with Gasteiger partial charge in [-0.15, -0.1) is 0 Å². The molecule has 1 saturated heterocycles. The normalized spacial score (nSPS) is 16.2. The summed E-state index contributed by atoms with van der Waals surface area (Å²) in [6.45, 7) is 6.10. The van der Waals surface area contributed by atoms with Crippen LogP contribution >= 0.6 is 0 Å². The number of nitrogens with zero attached hydrogens (tertiary/aromatic N) is 1. The number of carbonyl (C=O) groups is 1. The number of piperidine rings is 1. The molecule has 0 unspecified atom stereocenters. The Hall–Kier alpha value is -1.55. The van der Waals surface area contributed by atoms with Crippen molar-refractivity contribution in [2.24, 2.45) is 5.73 Å². The van der Waals surface area contributed by atoms with Crippen LogP contribution in [0.5, 0.6) is 5.75 Å². The maximum atomic E-state index is 12.1. The molecule has 4 heteroatoms. The summed E-state index contributed by atoms with van der Waals surface area (Å²) in [5.74, 6) is 1.04. The standard InChI is InChI=1S/C16H24N2O2/c1-12-4-3-5-15(13(12)2)20-11-8-16(19)18-9-6-14(17)7-10-18/h3-5,14H,6-11,17H2,1-2H3. The molecule has 20 heavy (non-hydrogen) atoms. The fourth-order valence-corrected chi connectivity index (χ4v) is 2.44. The Morgan fingerprint density at radius 3 is 2.75 bits per heavy atom. The molecule has 110 valence electrons. The fraction of sp³-hybridized carbons (Fsp3) is 0.562. The number of rotatable bonds is 4. The van der Waals surface area contributed by atoms with Crippen LogP contribution in [0.1, 0.15) is 30.4 Å². The maximum Gasteiger partial charge on any atom is 0.225 e. The first-order valence-corrected chi connectivity index (χ1v) is 7.30. The van der Waals surface area contributed by atoms with Crippen LogP contribution in [0, 0.1) is 13.8 Å². The van der Waals surface area contributed by atoms with Gasteiger partial charge in [0.25, 0.3) is 0 Å². The van der Waals surface area contributed by atoms with E-state index in [2.05, 4.69) is 13.0 Å². The number of nitrogens with two attached hydrogens (primary N) is 1. The van der Waals surface area contributed by atoms with Crippen molar-refractivity contribution in [2.75, 3.05) is 19.7 Å². The van der Waals surface area contributed by atoms with Crippen LogP contribution in [0.4, 0.5) is 0 Å². The number of aryl methyl sites for hydroxylation is 1. The quantitative estimate of drug-likeness (QED) is 0.915. The molecule has 1 aromatic carbocycles. The number of carbonyl (C=O) groups excluding carboxylic acids is 1. The average Bonchev–Trinajstić information content (AvgIpc) is 2.44. The van der Waals surface area contributed by atoms with Crippen molar-refractivity contribution in [3.63, 3.8) is 0 Å². The summed E-state index contributed by atoms with van der Waals surface area (Å²) in [7, 11) is 0. The van der Waals surface area contributed by atoms with E-state index in [0.29, 0.717) is 13.0 Å². The lowest BCUT2D eigenvalue weighted by atomic mass is 10.1. The molecule has 1 aliphatic heterocycles. The molecule has 2 rings (SSSR count). The van der Waals surface area contributed by atoms with Crippen LogP contribution in [0.25, 0.3) is 0 Å². The molecule has 0 saturated carbocycles. The Morgan fingerprint density at radius 2 is 2.05 bits per heavy atom. The highest BCUT2D eigenvalue weighted by atomic mass is 16.5. The molecule has 0 atom stereocenters. The van der Waals surface area contributed by atoms with E-state index in [1.165, 1.54) is 5.56 Å². The predicted molar refractivity (Wildman–Crippen MR) is 79.8 cm³/mol. The number of benzene rings is 1. The predicted octanol–water partition coefficient (Wildman–Crippen LogP) is 2.02. The van der Waals surface area contributed by atoms with Gasteiger partial charge in [-0.25, -0.2) is 0 Å². The van der Waals surface area contributed by atoms with Crippen molar-refractivity contribution < 1.29 is 9.53 Å². The molecule has 4 nitrogen and oxygen atoms in total. The van der Waals surface area contributed by atoms with Crippen LogP contribution in [0.3, 0.4) is 0 Å². The van der Waals surface area contributed by atoms with Gasteiger partial charge in [0, 0.05) is 19.1 Å². The summed E-state index contributed by atoms with van der Waals surface area (Å²) in [6, 6.07) is 6.24. The van der Waals surface area contributed by atoms with E-state index in [9.17, 15) is 4.79 Å². The third-order valence-corrected chi connectivity index (χ3v) is 4.02. The lowest BCUT2D eigenvalue weighted by Gasteiger charge is -2.30. The van der Waals surface area contributed by atoms with Gasteiger partial charge in [-0.1, -0.05) is 12.1 Å². The first-order valence-electron chi connectivity index (χ1n) is 7.30. The Labute approximate surface area is 120 Å². The third kappa shape index (κ3) is 3.73. The van der Waals surface area contributed by atoms with Gasteiger partial charge >= 0.3 is 0 Å². The molecule has 1 heterocycles. The van der Waals surface area contributed by atoms with Crippen molar-refractivity contribution in [3.8, 4) is 5.75 Å². The van der Waals surface area contributed by atoms with Crippen LogP contribution in [-0.4, -0.2) is 36.5 Å². The van der Waals surface area contributed by atoms with Crippen molar-refractivity contribution in [1.82, 2.24) is 4.90 Å². The minimum absolute atomic E-state index is 0.169. The minimum atomic E-state index is 0.169. The second-order valence-electron chi connectivity index (χ2n) is 5.51. The lowest BCUT2D eigenvalue weighted by molar-refractivity contribution is -0.132. The molecule has 2 N–H and O–H groups in total. The Balaban J connectivity index is 1.78. The molecule has 1 fully saturated rings. The van der Waals surface area contributed by atoms with Crippen molar-refractivity contribution >= 4 is 5.91 Å². The number of likely N-dealkylation sites (tertiary alicyclic amines) is 1. The summed E-state index contributed by atoms with van der Waals surface area (Å²) >= 11 is 0. The zero-order valence-electron chi connectivity index (χ0n) is 12.4. The van der Waals surface area contributed by atoms with Gasteiger partial charge in [-0.3, -0.25) is 4.79 Å². The van der Waals surface area contributed by atoms with Crippen molar-refractivity contribution in [1.29, 1.82) is 0 Å². The first-order chi connectivity index (χ1) is 9.58. The molecule has 1 aliphatic rings. The Kier molecular flexibility index (Phi) is 5.01. The van der Waals surface area contributed by atoms with Crippen LogP contribution in [0.2, 0.25) is 0 Å². The number of amides is 1. The SMILES string of the molecule is Cc1cccc(OCCC(=O)N2CCC(N)CC2)c1C. The minimum Gasteiger partial charge on any atom is -0.493 e. The molecule has 0 spiro atoms. The Morgan fingerprint density at radius 1 is 1.35 bits per heavy atom. The third-order valence-electron chi connectivity index (χ3n) is 4.02. The van der Waals surface area contributed by atoms with Crippen LogP contribution in [0.15, 0.2) is 18.2 Å². The Bertz CT molecular complexity index is 466. The van der Waals surface area contributed by atoms with E-state index in [1.807, 2.05) is 24.0 Å². The van der Waals surface area contributed by atoms with Gasteiger partial charge < -0.3 is 15.4 Å². The average molecular weight is 276 g/mol. The molecule has 1 amide bonds. The van der Waals surface area contributed by atoms with E-state index in [0.717, 1.165) is 37.2 Å². The van der Waals surface area contributed by atoms with E-state index in [4.69, 9.17) is 10.5 Å². The van der Waals surface area contributed by atoms with Gasteiger partial charge in [0.1, 0.15) is 5.75 Å². The van der Waals surface area contributed by atoms with Gasteiger partial charge in [-0.05, 0) is 43.9 Å². The van der Waals surface area contributed by atoms with Crippen molar-refractivity contribution in [2.45, 2.75) is 39.2 Å². The van der Waals surface area contributed by atoms with Crippen molar-refractivity contribution in [3.05, 3.63) is 29.3 Å². The summed E-state index contributed by atoms with van der Waals surface area (Å²) in [4.78, 5) is 14.0. The van der Waals surface area contributed by atoms with E-state index >= 15 is 0 Å². The second-order valence-corrected chi connectivity index (χ2v) is 5.51. The second kappa shape index (κ2) is 6.75. The molecular formula is C16H24N2O2. The van der Waals surface area contributed by atoms with Gasteiger partial charge in [0.15, 0.2) is 0 Å². The highest BCUT2D eigenvalue weighted by Crippen LogP contribution is 2.20. The van der Waals surface area contributed by atoms with Crippen LogP contribution in [-0.2, 0) is 4.79 Å². The number of hydrogen-bond donors (Lipinski definition) is 1. The first kappa shape index (κ1) is 14.9. The summed E-state index contributed by atoms with van der Waals surface area (Å²) in [6.07, 6.45) is 2.25. The summed E-state index contributed by atoms with van der Waals surface area (Å²) in [5, 5.41) is 0. The smallest absolute Gasteiger partial charge is 0.225 e. The fourth-order valence-electron chi connectivity index (χ4n) is 2.44. The highest BCUT2D eigenvalue weighted by molar-refractivity contribution is 5.76. The topological polar surface area (TPSA) is 55.6 Å². The summed E-state index contributed by atoms with van der Waals surface area (Å²) in [5.41, 5.74) is 8.19. The van der Waals surface area contributed by atoms with E-state index < -0.39 is 0 Å². The molecule has 0 aliphatic carbocycles. The maximum absolute atomic E-state index is 12.1. The lowest BCUT2D eigenvalue weighted by Crippen LogP contribution is -2.43. The molecule has 0 radical (unpaired) electrons. The zero-order chi connectivity index (χ0) is 14.5.